The Morgan fingerprint density at radius 2 is 2.13 bits per heavy atom. The van der Waals surface area contributed by atoms with Crippen LogP contribution in [0.2, 0.25) is 5.02 Å². The summed E-state index contributed by atoms with van der Waals surface area (Å²) in [6.07, 6.45) is 6.71. The lowest BCUT2D eigenvalue weighted by Gasteiger charge is -2.11. The quantitative estimate of drug-likeness (QED) is 0.601. The highest BCUT2D eigenvalue weighted by atomic mass is 35.5. The molecule has 1 aromatic rings. The molecular formula is C16H14ClNO4S. The number of nitrogens with zero attached hydrogens (tertiary/aromatic N) is 1. The molecule has 0 atom stereocenters. The maximum absolute atomic E-state index is 12.2. The first-order valence-electron chi connectivity index (χ1n) is 6.71. The molecule has 1 aromatic carbocycles. The molecule has 0 aromatic heterocycles. The number of halogens is 1. The average Bonchev–Trinajstić information content (AvgIpc) is 2.78. The fourth-order valence-electron chi connectivity index (χ4n) is 1.96. The Hall–Kier alpha value is -2.10. The van der Waals surface area contributed by atoms with Crippen LogP contribution < -0.4 is 9.47 Å². The van der Waals surface area contributed by atoms with Crippen LogP contribution in [0.1, 0.15) is 12.5 Å². The number of methoxy groups -OCH3 is 1. The third-order valence-electron chi connectivity index (χ3n) is 2.99. The van der Waals surface area contributed by atoms with Crippen LogP contribution in [0.5, 0.6) is 11.5 Å². The number of hydrogen-bond acceptors (Lipinski definition) is 5. The molecule has 0 spiro atoms. The normalized spacial score (nSPS) is 15.9. The second-order valence-corrected chi connectivity index (χ2v) is 5.83. The summed E-state index contributed by atoms with van der Waals surface area (Å²) in [5, 5.41) is -0.00813. The van der Waals surface area contributed by atoms with Gasteiger partial charge in [-0.1, -0.05) is 17.5 Å². The first-order chi connectivity index (χ1) is 11.0. The molecule has 0 radical (unpaired) electrons. The molecule has 23 heavy (non-hydrogen) atoms. The Kier molecular flexibility index (Phi) is 5.59. The Morgan fingerprint density at radius 3 is 2.74 bits per heavy atom. The molecule has 0 unspecified atom stereocenters. The van der Waals surface area contributed by atoms with Gasteiger partial charge in [-0.25, -0.2) is 0 Å². The maximum Gasteiger partial charge on any atom is 0.294 e. The van der Waals surface area contributed by atoms with E-state index in [2.05, 4.69) is 5.92 Å². The van der Waals surface area contributed by atoms with Crippen molar-refractivity contribution < 1.29 is 19.1 Å². The van der Waals surface area contributed by atoms with Crippen molar-refractivity contribution in [2.75, 3.05) is 20.3 Å². The number of carbonyl (C=O) groups is 2. The third-order valence-corrected chi connectivity index (χ3v) is 4.23. The van der Waals surface area contributed by atoms with Crippen molar-refractivity contribution in [2.24, 2.45) is 0 Å². The van der Waals surface area contributed by atoms with Gasteiger partial charge in [0.15, 0.2) is 11.5 Å². The van der Waals surface area contributed by atoms with Crippen molar-refractivity contribution in [3.63, 3.8) is 0 Å². The molecule has 0 aliphatic carbocycles. The van der Waals surface area contributed by atoms with Crippen LogP contribution in [-0.4, -0.2) is 36.3 Å². The van der Waals surface area contributed by atoms with E-state index in [1.54, 1.807) is 18.2 Å². The predicted molar refractivity (Wildman–Crippen MR) is 90.7 cm³/mol. The van der Waals surface area contributed by atoms with Gasteiger partial charge in [-0.3, -0.25) is 14.5 Å². The predicted octanol–water partition coefficient (Wildman–Crippen LogP) is 3.42. The van der Waals surface area contributed by atoms with Gasteiger partial charge < -0.3 is 9.47 Å². The van der Waals surface area contributed by atoms with Gasteiger partial charge >= 0.3 is 0 Å². The zero-order chi connectivity index (χ0) is 17.0. The van der Waals surface area contributed by atoms with Crippen LogP contribution >= 0.6 is 23.4 Å². The molecular weight excluding hydrogens is 338 g/mol. The Morgan fingerprint density at radius 1 is 1.39 bits per heavy atom. The summed E-state index contributed by atoms with van der Waals surface area (Å²) in [6.45, 7) is 2.27. The van der Waals surface area contributed by atoms with E-state index in [9.17, 15) is 9.59 Å². The Balaban J connectivity index is 2.38. The van der Waals surface area contributed by atoms with Crippen LogP contribution in [0.15, 0.2) is 17.0 Å². The molecule has 1 saturated heterocycles. The smallest absolute Gasteiger partial charge is 0.294 e. The van der Waals surface area contributed by atoms with Crippen LogP contribution in [-0.2, 0) is 4.79 Å². The minimum absolute atomic E-state index is 0.0532. The van der Waals surface area contributed by atoms with Gasteiger partial charge in [0.1, 0.15) is 0 Å². The van der Waals surface area contributed by atoms with Crippen molar-refractivity contribution in [2.45, 2.75) is 6.92 Å². The van der Waals surface area contributed by atoms with E-state index in [4.69, 9.17) is 27.5 Å². The van der Waals surface area contributed by atoms with E-state index in [1.165, 1.54) is 7.11 Å². The van der Waals surface area contributed by atoms with Gasteiger partial charge in [0, 0.05) is 6.07 Å². The summed E-state index contributed by atoms with van der Waals surface area (Å²) in [6, 6.07) is 3.27. The van der Waals surface area contributed by atoms with E-state index >= 15 is 0 Å². The second-order valence-electron chi connectivity index (χ2n) is 4.43. The number of ether oxygens (including phenoxy) is 2. The first-order valence-corrected chi connectivity index (χ1v) is 7.90. The maximum atomic E-state index is 12.2. The van der Waals surface area contributed by atoms with Gasteiger partial charge in [0.2, 0.25) is 0 Å². The number of benzene rings is 1. The van der Waals surface area contributed by atoms with Crippen molar-refractivity contribution in [1.82, 2.24) is 4.90 Å². The van der Waals surface area contributed by atoms with Crippen LogP contribution in [0.4, 0.5) is 4.79 Å². The zero-order valence-electron chi connectivity index (χ0n) is 12.6. The van der Waals surface area contributed by atoms with Crippen molar-refractivity contribution in [3.8, 4) is 23.8 Å². The standard InChI is InChI=1S/C16H14ClNO4S/c1-4-6-18-15(19)14(23-16(18)20)8-10-7-12(21-3)13(22-5-2)9-11(10)17/h1,7-9H,5-6H2,2-3H3/b14-8+. The monoisotopic (exact) mass is 351 g/mol. The Labute approximate surface area is 143 Å². The molecule has 0 N–H and O–H groups in total. The van der Waals surface area contributed by atoms with Gasteiger partial charge in [-0.05, 0) is 36.4 Å². The lowest BCUT2D eigenvalue weighted by molar-refractivity contribution is -0.122. The molecule has 1 aliphatic heterocycles. The second kappa shape index (κ2) is 7.44. The highest BCUT2D eigenvalue weighted by molar-refractivity contribution is 8.18. The fraction of sp³-hybridized carbons (Fsp3) is 0.250. The molecule has 0 bridgehead atoms. The third kappa shape index (κ3) is 3.63. The number of amides is 2. The number of rotatable bonds is 5. The number of hydrogen-bond donors (Lipinski definition) is 0. The number of imide groups is 1. The molecule has 120 valence electrons. The summed E-state index contributed by atoms with van der Waals surface area (Å²) in [7, 11) is 1.51. The molecule has 5 nitrogen and oxygen atoms in total. The minimum Gasteiger partial charge on any atom is -0.493 e. The van der Waals surface area contributed by atoms with Gasteiger partial charge in [0.05, 0.1) is 30.2 Å². The summed E-state index contributed by atoms with van der Waals surface area (Å²) >= 11 is 7.05. The van der Waals surface area contributed by atoms with E-state index in [0.717, 1.165) is 16.7 Å². The molecule has 2 rings (SSSR count). The summed E-state index contributed by atoms with van der Waals surface area (Å²) in [5.41, 5.74) is 0.554. The first kappa shape index (κ1) is 17.3. The van der Waals surface area contributed by atoms with Crippen molar-refractivity contribution in [1.29, 1.82) is 0 Å². The van der Waals surface area contributed by atoms with Gasteiger partial charge in [-0.2, -0.15) is 0 Å². The summed E-state index contributed by atoms with van der Waals surface area (Å²) in [4.78, 5) is 25.2. The topological polar surface area (TPSA) is 55.8 Å². The van der Waals surface area contributed by atoms with Gasteiger partial charge in [-0.15, -0.1) is 6.42 Å². The SMILES string of the molecule is C#CCN1C(=O)S/C(=C/c2cc(OC)c(OCC)cc2Cl)C1=O. The molecule has 7 heteroatoms. The lowest BCUT2D eigenvalue weighted by atomic mass is 10.1. The number of terminal acetylenes is 1. The van der Waals surface area contributed by atoms with Crippen LogP contribution in [0.25, 0.3) is 6.08 Å². The fourth-order valence-corrected chi connectivity index (χ4v) is 3.00. The van der Waals surface area contributed by atoms with Crippen LogP contribution in [0.3, 0.4) is 0 Å². The highest BCUT2D eigenvalue weighted by Crippen LogP contribution is 2.37. The van der Waals surface area contributed by atoms with E-state index in [1.807, 2.05) is 6.92 Å². The van der Waals surface area contributed by atoms with Crippen molar-refractivity contribution in [3.05, 3.63) is 27.6 Å². The van der Waals surface area contributed by atoms with E-state index in [0.29, 0.717) is 28.7 Å². The molecule has 1 aliphatic rings. The summed E-state index contributed by atoms with van der Waals surface area (Å²) in [5.74, 6) is 2.86. The molecule has 1 fully saturated rings. The molecule has 2 amide bonds. The average molecular weight is 352 g/mol. The Bertz CT molecular complexity index is 724. The van der Waals surface area contributed by atoms with Crippen molar-refractivity contribution >= 4 is 40.6 Å². The van der Waals surface area contributed by atoms with E-state index in [-0.39, 0.29) is 11.4 Å². The van der Waals surface area contributed by atoms with E-state index < -0.39 is 11.1 Å². The largest absolute Gasteiger partial charge is 0.493 e. The zero-order valence-corrected chi connectivity index (χ0v) is 14.2. The number of carbonyl (C=O) groups excluding carboxylic acids is 2. The van der Waals surface area contributed by atoms with Crippen LogP contribution in [0, 0.1) is 12.3 Å². The highest BCUT2D eigenvalue weighted by Gasteiger charge is 2.34. The van der Waals surface area contributed by atoms with Gasteiger partial charge in [0.25, 0.3) is 11.1 Å². The summed E-state index contributed by atoms with van der Waals surface area (Å²) < 4.78 is 10.7. The minimum atomic E-state index is -0.429. The lowest BCUT2D eigenvalue weighted by Crippen LogP contribution is -2.28. The molecule has 1 heterocycles. The molecule has 0 saturated carbocycles. The number of thioether (sulfide) groups is 1.